The molecule has 6 heteroatoms. The van der Waals surface area contributed by atoms with Crippen LogP contribution in [-0.4, -0.2) is 52.8 Å². The highest BCUT2D eigenvalue weighted by Gasteiger charge is 2.42. The minimum Gasteiger partial charge on any atom is -0.487 e. The second-order valence-corrected chi connectivity index (χ2v) is 9.10. The van der Waals surface area contributed by atoms with Gasteiger partial charge >= 0.3 is 0 Å². The van der Waals surface area contributed by atoms with Crippen molar-refractivity contribution in [2.75, 3.05) is 31.1 Å². The summed E-state index contributed by atoms with van der Waals surface area (Å²) in [4.78, 5) is 16.0. The number of nitrogens with zero attached hydrogens (tertiary/aromatic N) is 2. The normalized spacial score (nSPS) is 24.1. The first-order valence-electron chi connectivity index (χ1n) is 11.3. The molecule has 6 nitrogen and oxygen atoms in total. The fourth-order valence-corrected chi connectivity index (χ4v) is 5.18. The number of para-hydroxylation sites is 1. The summed E-state index contributed by atoms with van der Waals surface area (Å²) in [5.74, 6) is 0.972. The molecule has 0 bridgehead atoms. The molecule has 1 spiro atoms. The molecule has 0 aromatic heterocycles. The van der Waals surface area contributed by atoms with Gasteiger partial charge in [0.25, 0.3) is 0 Å². The van der Waals surface area contributed by atoms with E-state index in [0.29, 0.717) is 19.4 Å². The topological polar surface area (TPSA) is 73.2 Å². The summed E-state index contributed by atoms with van der Waals surface area (Å²) in [7, 11) is 0. The van der Waals surface area contributed by atoms with Crippen molar-refractivity contribution in [1.82, 2.24) is 4.90 Å². The maximum atomic E-state index is 11.9. The number of amides is 1. The van der Waals surface area contributed by atoms with E-state index >= 15 is 0 Å². The number of hydrogen-bond acceptors (Lipinski definition) is 5. The van der Waals surface area contributed by atoms with Crippen molar-refractivity contribution in [3.63, 3.8) is 0 Å². The van der Waals surface area contributed by atoms with Gasteiger partial charge in [0, 0.05) is 50.3 Å². The molecule has 2 fully saturated rings. The van der Waals surface area contributed by atoms with Gasteiger partial charge in [-0.15, -0.1) is 0 Å². The number of fused-ring (bicyclic) bond motifs is 1. The summed E-state index contributed by atoms with van der Waals surface area (Å²) < 4.78 is 6.36. The van der Waals surface area contributed by atoms with Crippen LogP contribution in [0.3, 0.4) is 0 Å². The third-order valence-corrected chi connectivity index (χ3v) is 7.03. The number of aliphatic hydroxyl groups is 2. The highest BCUT2D eigenvalue weighted by molar-refractivity contribution is 5.95. The Morgan fingerprint density at radius 2 is 1.81 bits per heavy atom. The number of anilines is 1. The van der Waals surface area contributed by atoms with Gasteiger partial charge in [0.2, 0.25) is 5.91 Å². The minimum absolute atomic E-state index is 0.174. The molecule has 164 valence electrons. The molecule has 2 saturated heterocycles. The number of piperidine rings is 1. The van der Waals surface area contributed by atoms with E-state index in [0.717, 1.165) is 61.5 Å². The zero-order valence-electron chi connectivity index (χ0n) is 17.7. The third-order valence-electron chi connectivity index (χ3n) is 7.03. The second-order valence-electron chi connectivity index (χ2n) is 9.10. The van der Waals surface area contributed by atoms with Gasteiger partial charge in [0.1, 0.15) is 11.4 Å². The molecule has 3 aliphatic rings. The molecule has 0 radical (unpaired) electrons. The molecule has 5 rings (SSSR count). The molecule has 1 amide bonds. The molecular weight excluding hydrogens is 392 g/mol. The largest absolute Gasteiger partial charge is 0.487 e. The van der Waals surface area contributed by atoms with Gasteiger partial charge in [-0.2, -0.15) is 0 Å². The molecule has 31 heavy (non-hydrogen) atoms. The SMILES string of the molecule is O=C1CCCN1c1ccc([C@@H](O)CN2CCC3(CC2)C[C@H](O)c2ccccc2O3)cc1. The van der Waals surface area contributed by atoms with Gasteiger partial charge < -0.3 is 24.7 Å². The highest BCUT2D eigenvalue weighted by Crippen LogP contribution is 2.44. The number of hydrogen-bond donors (Lipinski definition) is 2. The van der Waals surface area contributed by atoms with E-state index in [2.05, 4.69) is 4.90 Å². The van der Waals surface area contributed by atoms with E-state index in [1.54, 1.807) is 0 Å². The van der Waals surface area contributed by atoms with Crippen molar-refractivity contribution in [3.8, 4) is 5.75 Å². The Morgan fingerprint density at radius 1 is 1.06 bits per heavy atom. The Bertz CT molecular complexity index is 937. The van der Waals surface area contributed by atoms with Crippen LogP contribution in [0.4, 0.5) is 5.69 Å². The summed E-state index contributed by atoms with van der Waals surface area (Å²) in [5.41, 5.74) is 2.34. The molecule has 3 aliphatic heterocycles. The molecule has 0 saturated carbocycles. The van der Waals surface area contributed by atoms with Crippen LogP contribution >= 0.6 is 0 Å². The van der Waals surface area contributed by atoms with Crippen LogP contribution < -0.4 is 9.64 Å². The van der Waals surface area contributed by atoms with Crippen molar-refractivity contribution in [2.24, 2.45) is 0 Å². The smallest absolute Gasteiger partial charge is 0.227 e. The monoisotopic (exact) mass is 422 g/mol. The lowest BCUT2D eigenvalue weighted by atomic mass is 9.81. The molecule has 2 aromatic rings. The number of likely N-dealkylation sites (tertiary alicyclic amines) is 1. The van der Waals surface area contributed by atoms with E-state index in [-0.39, 0.29) is 11.5 Å². The van der Waals surface area contributed by atoms with Crippen molar-refractivity contribution in [2.45, 2.75) is 49.9 Å². The summed E-state index contributed by atoms with van der Waals surface area (Å²) in [6.45, 7) is 2.99. The number of rotatable bonds is 4. The van der Waals surface area contributed by atoms with Gasteiger partial charge in [-0.05, 0) is 43.0 Å². The third kappa shape index (κ3) is 4.07. The van der Waals surface area contributed by atoms with Crippen LogP contribution in [-0.2, 0) is 4.79 Å². The molecule has 2 atom stereocenters. The zero-order chi connectivity index (χ0) is 21.4. The van der Waals surface area contributed by atoms with E-state index < -0.39 is 12.2 Å². The lowest BCUT2D eigenvalue weighted by molar-refractivity contribution is -0.117. The molecule has 2 N–H and O–H groups in total. The second kappa shape index (κ2) is 8.26. The number of carbonyl (C=O) groups is 1. The number of benzene rings is 2. The first-order chi connectivity index (χ1) is 15.0. The quantitative estimate of drug-likeness (QED) is 0.792. The summed E-state index contributed by atoms with van der Waals surface area (Å²) in [6, 6.07) is 15.5. The fraction of sp³-hybridized carbons (Fsp3) is 0.480. The predicted octanol–water partition coefficient (Wildman–Crippen LogP) is 3.20. The van der Waals surface area contributed by atoms with Gasteiger partial charge in [-0.25, -0.2) is 0 Å². The van der Waals surface area contributed by atoms with Crippen LogP contribution in [0.2, 0.25) is 0 Å². The Hall–Kier alpha value is -2.41. The lowest BCUT2D eigenvalue weighted by Gasteiger charge is -2.46. The average molecular weight is 423 g/mol. The van der Waals surface area contributed by atoms with Crippen molar-refractivity contribution < 1.29 is 19.7 Å². The van der Waals surface area contributed by atoms with Gasteiger partial charge in [0.05, 0.1) is 12.2 Å². The number of carbonyl (C=O) groups excluding carboxylic acids is 1. The number of ether oxygens (including phenoxy) is 1. The summed E-state index contributed by atoms with van der Waals surface area (Å²) >= 11 is 0. The van der Waals surface area contributed by atoms with Gasteiger partial charge in [-0.3, -0.25) is 4.79 Å². The lowest BCUT2D eigenvalue weighted by Crippen LogP contribution is -2.51. The number of β-amino-alcohol motifs (C(OH)–C–C–N with tert-alkyl or cyclic N) is 1. The molecular formula is C25H30N2O4. The Morgan fingerprint density at radius 3 is 2.52 bits per heavy atom. The van der Waals surface area contributed by atoms with E-state index in [9.17, 15) is 15.0 Å². The van der Waals surface area contributed by atoms with E-state index in [4.69, 9.17) is 4.74 Å². The maximum Gasteiger partial charge on any atom is 0.227 e. The first kappa shape index (κ1) is 20.5. The van der Waals surface area contributed by atoms with Crippen molar-refractivity contribution >= 4 is 11.6 Å². The Labute approximate surface area is 183 Å². The van der Waals surface area contributed by atoms with Crippen LogP contribution in [0.15, 0.2) is 48.5 Å². The van der Waals surface area contributed by atoms with Gasteiger partial charge in [0.15, 0.2) is 0 Å². The summed E-state index contributed by atoms with van der Waals surface area (Å²) in [6.07, 6.45) is 2.76. The number of aliphatic hydroxyl groups excluding tert-OH is 2. The van der Waals surface area contributed by atoms with Crippen LogP contribution in [0.5, 0.6) is 5.75 Å². The Balaban J connectivity index is 1.18. The van der Waals surface area contributed by atoms with Gasteiger partial charge in [-0.1, -0.05) is 30.3 Å². The van der Waals surface area contributed by atoms with Crippen LogP contribution in [0, 0.1) is 0 Å². The van der Waals surface area contributed by atoms with E-state index in [1.807, 2.05) is 53.4 Å². The van der Waals surface area contributed by atoms with Crippen molar-refractivity contribution in [1.29, 1.82) is 0 Å². The minimum atomic E-state index is -0.573. The Kier molecular flexibility index (Phi) is 5.46. The molecule has 3 heterocycles. The van der Waals surface area contributed by atoms with Crippen LogP contribution in [0.25, 0.3) is 0 Å². The molecule has 0 aliphatic carbocycles. The average Bonchev–Trinajstić information content (AvgIpc) is 3.21. The standard InChI is InChI=1S/C25H30N2O4/c28-21-16-25(31-23-5-2-1-4-20(21)23)11-14-26(15-12-25)17-22(29)18-7-9-19(10-8-18)27-13-3-6-24(27)30/h1-2,4-5,7-10,21-22,28-29H,3,6,11-17H2/t21-,22-/m0/s1. The van der Waals surface area contributed by atoms with Crippen molar-refractivity contribution in [3.05, 3.63) is 59.7 Å². The molecule has 0 unspecified atom stereocenters. The first-order valence-corrected chi connectivity index (χ1v) is 11.3. The fourth-order valence-electron chi connectivity index (χ4n) is 5.18. The van der Waals surface area contributed by atoms with E-state index in [1.165, 1.54) is 0 Å². The summed E-state index contributed by atoms with van der Waals surface area (Å²) in [5, 5.41) is 21.4. The zero-order valence-corrected chi connectivity index (χ0v) is 17.7. The highest BCUT2D eigenvalue weighted by atomic mass is 16.5. The molecule has 2 aromatic carbocycles. The maximum absolute atomic E-state index is 11.9. The predicted molar refractivity (Wildman–Crippen MR) is 118 cm³/mol. The van der Waals surface area contributed by atoms with Crippen LogP contribution in [0.1, 0.15) is 55.4 Å².